The number of ether oxygens (including phenoxy) is 8. The third-order valence-corrected chi connectivity index (χ3v) is 16.7. The van der Waals surface area contributed by atoms with E-state index in [4.69, 9.17) is 37.9 Å². The van der Waals surface area contributed by atoms with Crippen molar-refractivity contribution in [3.8, 4) is 0 Å². The first-order chi connectivity index (χ1) is 43.8. The molecule has 0 radical (unpaired) electrons. The first-order valence-corrected chi connectivity index (χ1v) is 34.9. The van der Waals surface area contributed by atoms with Crippen molar-refractivity contribution in [3.63, 3.8) is 0 Å². The van der Waals surface area contributed by atoms with E-state index in [1.807, 2.05) is 0 Å². The fourth-order valence-electron chi connectivity index (χ4n) is 10.8. The van der Waals surface area contributed by atoms with Gasteiger partial charge in [-0.3, -0.25) is 28.8 Å². The van der Waals surface area contributed by atoms with Gasteiger partial charge in [0.1, 0.15) is 73.8 Å². The fraction of sp³-hybridized carbons (Fsp3) is 0.855. The SMILES string of the molecule is CCCCCCC(C/C=C\CCCCCCCC(=O)OCCCCCCCCCCOC(=O)CCCCCCC/C=C/CC(CCCCCC)OC(=O)CCCC(=O)OC[C@H]1OC(O)[C@@H](O)[C@@H](O)[C@@H]1O)OC(=O)CCCC(=O)OC[C@H]1OC(O)[C@@H](O)[C@@H](O)[C@@]1(C)O. The van der Waals surface area contributed by atoms with Crippen LogP contribution in [0.1, 0.15) is 278 Å². The van der Waals surface area contributed by atoms with E-state index in [0.717, 1.165) is 193 Å². The molecule has 2 aliphatic heterocycles. The van der Waals surface area contributed by atoms with E-state index in [2.05, 4.69) is 38.2 Å². The Hall–Kier alpha value is -4.10. The summed E-state index contributed by atoms with van der Waals surface area (Å²) in [7, 11) is 0. The third kappa shape index (κ3) is 40.0. The minimum absolute atomic E-state index is 0.0329. The number of hydrogen-bond acceptors (Lipinski definition) is 22. The lowest BCUT2D eigenvalue weighted by Gasteiger charge is -2.44. The summed E-state index contributed by atoms with van der Waals surface area (Å²) in [5.74, 6) is -2.31. The van der Waals surface area contributed by atoms with Crippen LogP contribution in [-0.4, -0.2) is 176 Å². The normalized spacial score (nSPS) is 23.2. The van der Waals surface area contributed by atoms with E-state index in [0.29, 0.717) is 38.9 Å². The van der Waals surface area contributed by atoms with Gasteiger partial charge in [0.2, 0.25) is 0 Å². The molecular weight excluding hydrogens is 1180 g/mol. The second-order valence-corrected chi connectivity index (χ2v) is 25.0. The minimum atomic E-state index is -1.96. The van der Waals surface area contributed by atoms with Crippen LogP contribution in [0.15, 0.2) is 24.3 Å². The molecule has 2 fully saturated rings. The summed E-state index contributed by atoms with van der Waals surface area (Å²) in [5, 5.41) is 79.2. The number of unbranched alkanes of at least 4 members (excludes halogenated alkanes) is 23. The van der Waals surface area contributed by atoms with Crippen LogP contribution in [-0.2, 0) is 66.7 Å². The molecule has 4 unspecified atom stereocenters. The Kier molecular flexibility index (Phi) is 47.6. The van der Waals surface area contributed by atoms with Gasteiger partial charge >= 0.3 is 35.8 Å². The van der Waals surface area contributed by atoms with Gasteiger partial charge in [-0.25, -0.2) is 0 Å². The van der Waals surface area contributed by atoms with E-state index in [1.54, 1.807) is 0 Å². The molecule has 0 saturated carbocycles. The number of rotatable bonds is 55. The summed E-state index contributed by atoms with van der Waals surface area (Å²) < 4.78 is 42.9. The lowest BCUT2D eigenvalue weighted by atomic mass is 9.86. The number of esters is 6. The Labute approximate surface area is 542 Å². The van der Waals surface area contributed by atoms with Gasteiger partial charge in [0.15, 0.2) is 12.6 Å². The largest absolute Gasteiger partial charge is 0.466 e. The van der Waals surface area contributed by atoms with Crippen molar-refractivity contribution in [2.75, 3.05) is 26.4 Å². The molecule has 528 valence electrons. The maximum absolute atomic E-state index is 12.7. The summed E-state index contributed by atoms with van der Waals surface area (Å²) in [4.78, 5) is 74.4. The molecule has 22 nitrogen and oxygen atoms in total. The van der Waals surface area contributed by atoms with Crippen molar-refractivity contribution >= 4 is 35.8 Å². The van der Waals surface area contributed by atoms with Crippen molar-refractivity contribution in [1.82, 2.24) is 0 Å². The highest BCUT2D eigenvalue weighted by atomic mass is 16.7. The molecule has 8 N–H and O–H groups in total. The molecule has 0 aliphatic carbocycles. The van der Waals surface area contributed by atoms with Gasteiger partial charge in [0.25, 0.3) is 0 Å². The van der Waals surface area contributed by atoms with Gasteiger partial charge in [-0.1, -0.05) is 154 Å². The molecule has 12 atom stereocenters. The molecule has 2 aliphatic rings. The van der Waals surface area contributed by atoms with Crippen LogP contribution in [0.5, 0.6) is 0 Å². The molecule has 2 saturated heterocycles. The molecule has 22 heteroatoms. The standard InChI is InChI=1S/C69H120O22/c1-4-6-8-28-38-52(88-60(74)46-36-44-58(72)86-50-54-62(76)63(77)64(78)67(81)90-54)40-30-22-16-10-12-18-24-32-42-56(70)84-48-34-26-20-14-15-21-27-35-49-85-57(71)43-33-25-19-13-11-17-23-31-41-53(39-29-9-7-5-2)89-61(75)47-37-45-59(73)87-51-55-69(3,83)66(80)65(79)68(82)91-55/h22-23,30-31,52-55,62-68,76-83H,4-21,24-29,32-51H2,1-3H3/b30-22+,31-23-/t52?,53?,54-,55-,62-,63+,64+,65+,66-,67?,68?,69+/m1/s1. The average molecular weight is 1300 g/mol. The van der Waals surface area contributed by atoms with Crippen LogP contribution in [0, 0.1) is 0 Å². The summed E-state index contributed by atoms with van der Waals surface area (Å²) in [6, 6.07) is 0. The first kappa shape index (κ1) is 83.0. The monoisotopic (exact) mass is 1300 g/mol. The zero-order valence-electron chi connectivity index (χ0n) is 55.6. The molecule has 2 rings (SSSR count). The van der Waals surface area contributed by atoms with E-state index >= 15 is 0 Å². The topological polar surface area (TPSA) is 338 Å². The van der Waals surface area contributed by atoms with Crippen molar-refractivity contribution in [2.45, 2.75) is 351 Å². The summed E-state index contributed by atoms with van der Waals surface area (Å²) in [5.41, 5.74) is -1.96. The van der Waals surface area contributed by atoms with Gasteiger partial charge < -0.3 is 78.7 Å². The molecule has 0 bridgehead atoms. The molecule has 0 aromatic heterocycles. The smallest absolute Gasteiger partial charge is 0.306 e. The Morgan fingerprint density at radius 1 is 0.396 bits per heavy atom. The number of aliphatic hydroxyl groups is 8. The van der Waals surface area contributed by atoms with Crippen LogP contribution in [0.4, 0.5) is 0 Å². The van der Waals surface area contributed by atoms with Crippen LogP contribution >= 0.6 is 0 Å². The number of carbonyl (C=O) groups is 6. The zero-order chi connectivity index (χ0) is 66.9. The van der Waals surface area contributed by atoms with Crippen molar-refractivity contribution in [2.24, 2.45) is 0 Å². The van der Waals surface area contributed by atoms with Gasteiger partial charge in [-0.05, 0) is 96.8 Å². The van der Waals surface area contributed by atoms with E-state index < -0.39 is 86.1 Å². The fourth-order valence-corrected chi connectivity index (χ4v) is 10.8. The molecule has 0 amide bonds. The van der Waals surface area contributed by atoms with Crippen LogP contribution in [0.25, 0.3) is 0 Å². The average Bonchev–Trinajstić information content (AvgIpc) is 2.67. The van der Waals surface area contributed by atoms with Crippen LogP contribution < -0.4 is 0 Å². The first-order valence-electron chi connectivity index (χ1n) is 34.9. The molecule has 2 heterocycles. The number of aliphatic hydroxyl groups excluding tert-OH is 7. The highest BCUT2D eigenvalue weighted by Crippen LogP contribution is 2.30. The van der Waals surface area contributed by atoms with Crippen molar-refractivity contribution < 1.29 is 108 Å². The van der Waals surface area contributed by atoms with Gasteiger partial charge in [-0.15, -0.1) is 0 Å². The Bertz CT molecular complexity index is 1980. The maximum Gasteiger partial charge on any atom is 0.306 e. The van der Waals surface area contributed by atoms with Gasteiger partial charge in [0.05, 0.1) is 13.2 Å². The third-order valence-electron chi connectivity index (χ3n) is 16.7. The number of carbonyl (C=O) groups excluding carboxylic acids is 6. The van der Waals surface area contributed by atoms with Crippen LogP contribution in [0.2, 0.25) is 0 Å². The molecule has 0 spiro atoms. The number of hydrogen-bond donors (Lipinski definition) is 8. The Balaban J connectivity index is 1.40. The zero-order valence-corrected chi connectivity index (χ0v) is 55.6. The quantitative estimate of drug-likeness (QED) is 0.0121. The van der Waals surface area contributed by atoms with Crippen LogP contribution in [0.3, 0.4) is 0 Å². The predicted molar refractivity (Wildman–Crippen MR) is 340 cm³/mol. The van der Waals surface area contributed by atoms with Gasteiger partial charge in [0, 0.05) is 51.4 Å². The lowest BCUT2D eigenvalue weighted by molar-refractivity contribution is -0.316. The van der Waals surface area contributed by atoms with E-state index in [1.165, 1.54) is 6.92 Å². The molecule has 91 heavy (non-hydrogen) atoms. The Morgan fingerprint density at radius 2 is 0.769 bits per heavy atom. The van der Waals surface area contributed by atoms with E-state index in [-0.39, 0.29) is 74.6 Å². The molecular formula is C69H120O22. The maximum atomic E-state index is 12.7. The predicted octanol–water partition coefficient (Wildman–Crippen LogP) is 9.73. The van der Waals surface area contributed by atoms with E-state index in [9.17, 15) is 69.6 Å². The minimum Gasteiger partial charge on any atom is -0.466 e. The summed E-state index contributed by atoms with van der Waals surface area (Å²) in [6.45, 7) is 5.55. The Morgan fingerprint density at radius 3 is 1.23 bits per heavy atom. The second-order valence-electron chi connectivity index (χ2n) is 25.0. The highest BCUT2D eigenvalue weighted by molar-refractivity contribution is 5.73. The van der Waals surface area contributed by atoms with Crippen molar-refractivity contribution in [1.29, 1.82) is 0 Å². The lowest BCUT2D eigenvalue weighted by Crippen LogP contribution is -2.65. The van der Waals surface area contributed by atoms with Crippen molar-refractivity contribution in [3.05, 3.63) is 24.3 Å². The molecule has 0 aromatic rings. The van der Waals surface area contributed by atoms with Gasteiger partial charge in [-0.2, -0.15) is 0 Å². The second kappa shape index (κ2) is 52.2. The summed E-state index contributed by atoms with van der Waals surface area (Å²) >= 11 is 0. The number of allylic oxidation sites excluding steroid dienone is 2. The molecule has 0 aromatic carbocycles. The highest BCUT2D eigenvalue weighted by Gasteiger charge is 2.52. The summed E-state index contributed by atoms with van der Waals surface area (Å²) in [6.07, 6.45) is 26.1.